The van der Waals surface area contributed by atoms with Crippen LogP contribution >= 0.6 is 11.6 Å². The molecule has 2 heterocycles. The number of amides is 1. The molecule has 0 unspecified atom stereocenters. The lowest BCUT2D eigenvalue weighted by molar-refractivity contribution is 0.0293. The number of likely N-dealkylation sites (tertiary alicyclic amines) is 1. The van der Waals surface area contributed by atoms with E-state index in [1.54, 1.807) is 17.2 Å². The number of rotatable bonds is 2. The molecule has 0 spiro atoms. The maximum absolute atomic E-state index is 11.9. The van der Waals surface area contributed by atoms with Gasteiger partial charge in [0, 0.05) is 25.3 Å². The predicted octanol–water partition coefficient (Wildman–Crippen LogP) is 2.55. The van der Waals surface area contributed by atoms with E-state index in [1.807, 2.05) is 20.8 Å². The van der Waals surface area contributed by atoms with Crippen molar-refractivity contribution in [1.29, 1.82) is 0 Å². The topological polar surface area (TPSA) is 67.3 Å². The number of anilines is 1. The second kappa shape index (κ2) is 5.83. The molecule has 1 aromatic rings. The molecule has 0 bridgehead atoms. The molecule has 7 heteroatoms. The summed E-state index contributed by atoms with van der Waals surface area (Å²) >= 11 is 5.81. The van der Waals surface area contributed by atoms with Crippen LogP contribution in [-0.4, -0.2) is 45.7 Å². The van der Waals surface area contributed by atoms with E-state index in [0.717, 1.165) is 6.42 Å². The summed E-state index contributed by atoms with van der Waals surface area (Å²) in [5.41, 5.74) is -0.474. The Bertz CT molecular complexity index is 490. The van der Waals surface area contributed by atoms with Gasteiger partial charge in [-0.15, -0.1) is 0 Å². The number of hydrogen-bond donors (Lipinski definition) is 1. The zero-order valence-corrected chi connectivity index (χ0v) is 12.6. The van der Waals surface area contributed by atoms with Gasteiger partial charge in [-0.3, -0.25) is 0 Å². The van der Waals surface area contributed by atoms with Gasteiger partial charge in [0.2, 0.25) is 5.95 Å². The van der Waals surface area contributed by atoms with Crippen molar-refractivity contribution in [2.24, 2.45) is 0 Å². The Morgan fingerprint density at radius 2 is 2.30 bits per heavy atom. The Hall–Kier alpha value is -1.56. The average molecular weight is 299 g/mol. The fourth-order valence-corrected chi connectivity index (χ4v) is 2.10. The molecular weight excluding hydrogens is 280 g/mol. The summed E-state index contributed by atoms with van der Waals surface area (Å²) in [6.45, 7) is 6.81. The van der Waals surface area contributed by atoms with E-state index >= 15 is 0 Å². The van der Waals surface area contributed by atoms with Crippen molar-refractivity contribution >= 4 is 23.6 Å². The molecule has 110 valence electrons. The third kappa shape index (κ3) is 4.23. The second-order valence-electron chi connectivity index (χ2n) is 5.76. The highest BCUT2D eigenvalue weighted by Crippen LogP contribution is 2.17. The monoisotopic (exact) mass is 298 g/mol. The lowest BCUT2D eigenvalue weighted by Crippen LogP contribution is -2.36. The number of nitrogens with zero attached hydrogens (tertiary/aromatic N) is 3. The van der Waals surface area contributed by atoms with Crippen LogP contribution in [0, 0.1) is 0 Å². The highest BCUT2D eigenvalue weighted by Gasteiger charge is 2.30. The van der Waals surface area contributed by atoms with Crippen LogP contribution in [0.15, 0.2) is 12.3 Å². The van der Waals surface area contributed by atoms with Gasteiger partial charge in [0.25, 0.3) is 0 Å². The molecule has 1 aliphatic rings. The fraction of sp³-hybridized carbons (Fsp3) is 0.615. The summed E-state index contributed by atoms with van der Waals surface area (Å²) < 4.78 is 5.35. The number of hydrogen-bond acceptors (Lipinski definition) is 5. The van der Waals surface area contributed by atoms with Gasteiger partial charge in [-0.25, -0.2) is 14.8 Å². The number of aromatic nitrogens is 2. The highest BCUT2D eigenvalue weighted by atomic mass is 35.5. The molecule has 1 amide bonds. The fourth-order valence-electron chi connectivity index (χ4n) is 1.96. The Labute approximate surface area is 123 Å². The molecule has 0 aromatic carbocycles. The van der Waals surface area contributed by atoms with Crippen molar-refractivity contribution in [3.05, 3.63) is 17.4 Å². The van der Waals surface area contributed by atoms with Gasteiger partial charge in [0.05, 0.1) is 0 Å². The molecule has 0 radical (unpaired) electrons. The van der Waals surface area contributed by atoms with E-state index in [0.29, 0.717) is 24.2 Å². The third-order valence-corrected chi connectivity index (χ3v) is 3.01. The minimum absolute atomic E-state index is 0.112. The van der Waals surface area contributed by atoms with E-state index in [9.17, 15) is 4.79 Å². The van der Waals surface area contributed by atoms with E-state index < -0.39 is 5.60 Å². The summed E-state index contributed by atoms with van der Waals surface area (Å²) in [5, 5.41) is 3.57. The van der Waals surface area contributed by atoms with Crippen molar-refractivity contribution in [1.82, 2.24) is 14.9 Å². The lowest BCUT2D eigenvalue weighted by atomic mass is 10.2. The van der Waals surface area contributed by atoms with Crippen LogP contribution in [0.4, 0.5) is 10.7 Å². The molecule has 2 rings (SSSR count). The van der Waals surface area contributed by atoms with Crippen LogP contribution in [-0.2, 0) is 4.74 Å². The zero-order valence-electron chi connectivity index (χ0n) is 11.9. The molecule has 1 aromatic heterocycles. The number of carbonyl (C=O) groups excluding carboxylic acids is 1. The van der Waals surface area contributed by atoms with E-state index in [4.69, 9.17) is 16.3 Å². The second-order valence-corrected chi connectivity index (χ2v) is 6.15. The van der Waals surface area contributed by atoms with Crippen molar-refractivity contribution in [3.63, 3.8) is 0 Å². The summed E-state index contributed by atoms with van der Waals surface area (Å²) in [5.74, 6) is 0.480. The van der Waals surface area contributed by atoms with Crippen LogP contribution in [0.5, 0.6) is 0 Å². The van der Waals surface area contributed by atoms with E-state index in [2.05, 4.69) is 15.3 Å². The molecule has 1 N–H and O–H groups in total. The van der Waals surface area contributed by atoms with Crippen LogP contribution in [0.3, 0.4) is 0 Å². The van der Waals surface area contributed by atoms with Gasteiger partial charge < -0.3 is 15.0 Å². The first kappa shape index (κ1) is 14.8. The smallest absolute Gasteiger partial charge is 0.410 e. The van der Waals surface area contributed by atoms with E-state index in [-0.39, 0.29) is 12.1 Å². The Morgan fingerprint density at radius 1 is 1.55 bits per heavy atom. The zero-order chi connectivity index (χ0) is 14.8. The third-order valence-electron chi connectivity index (χ3n) is 2.79. The first-order chi connectivity index (χ1) is 9.33. The molecule has 0 saturated carbocycles. The SMILES string of the molecule is CC(C)(C)OC(=O)N1CC[C@@H](Nc2nccc(Cl)n2)C1. The summed E-state index contributed by atoms with van der Waals surface area (Å²) in [6, 6.07) is 1.73. The number of carbonyl (C=O) groups is 1. The predicted molar refractivity (Wildman–Crippen MR) is 76.9 cm³/mol. The van der Waals surface area contributed by atoms with Gasteiger partial charge in [0.1, 0.15) is 10.8 Å². The average Bonchev–Trinajstić information content (AvgIpc) is 2.75. The van der Waals surface area contributed by atoms with Gasteiger partial charge in [-0.2, -0.15) is 0 Å². The normalized spacial score (nSPS) is 19.0. The number of nitrogens with one attached hydrogen (secondary N) is 1. The van der Waals surface area contributed by atoms with Crippen molar-refractivity contribution in [2.75, 3.05) is 18.4 Å². The van der Waals surface area contributed by atoms with Crippen LogP contribution in [0.25, 0.3) is 0 Å². The van der Waals surface area contributed by atoms with Crippen LogP contribution in [0.2, 0.25) is 5.15 Å². The summed E-state index contributed by atoms with van der Waals surface area (Å²) in [4.78, 5) is 21.8. The van der Waals surface area contributed by atoms with Gasteiger partial charge in [0.15, 0.2) is 0 Å². The molecular formula is C13H19ClN4O2. The van der Waals surface area contributed by atoms with Crippen molar-refractivity contribution in [3.8, 4) is 0 Å². The molecule has 1 fully saturated rings. The quantitative estimate of drug-likeness (QED) is 0.850. The molecule has 0 aliphatic carbocycles. The minimum Gasteiger partial charge on any atom is -0.444 e. The number of ether oxygens (including phenoxy) is 1. The Kier molecular flexibility index (Phi) is 4.32. The van der Waals surface area contributed by atoms with Gasteiger partial charge in [-0.05, 0) is 33.3 Å². The van der Waals surface area contributed by atoms with Gasteiger partial charge in [-0.1, -0.05) is 11.6 Å². The lowest BCUT2D eigenvalue weighted by Gasteiger charge is -2.24. The first-order valence-corrected chi connectivity index (χ1v) is 6.94. The first-order valence-electron chi connectivity index (χ1n) is 6.56. The molecule has 6 nitrogen and oxygen atoms in total. The minimum atomic E-state index is -0.474. The Balaban J connectivity index is 1.88. The Morgan fingerprint density at radius 3 is 2.95 bits per heavy atom. The number of halogens is 1. The van der Waals surface area contributed by atoms with Crippen LogP contribution < -0.4 is 5.32 Å². The van der Waals surface area contributed by atoms with Crippen molar-refractivity contribution in [2.45, 2.75) is 38.8 Å². The molecule has 20 heavy (non-hydrogen) atoms. The van der Waals surface area contributed by atoms with Crippen LogP contribution in [0.1, 0.15) is 27.2 Å². The van der Waals surface area contributed by atoms with Gasteiger partial charge >= 0.3 is 6.09 Å². The maximum Gasteiger partial charge on any atom is 0.410 e. The molecule has 1 atom stereocenters. The summed E-state index contributed by atoms with van der Waals surface area (Å²) in [7, 11) is 0. The van der Waals surface area contributed by atoms with Crippen molar-refractivity contribution < 1.29 is 9.53 Å². The molecule has 1 saturated heterocycles. The van der Waals surface area contributed by atoms with E-state index in [1.165, 1.54) is 0 Å². The highest BCUT2D eigenvalue weighted by molar-refractivity contribution is 6.29. The molecule has 1 aliphatic heterocycles. The largest absolute Gasteiger partial charge is 0.444 e. The summed E-state index contributed by atoms with van der Waals surface area (Å²) in [6.07, 6.45) is 2.14. The maximum atomic E-state index is 11.9. The standard InChI is InChI=1S/C13H19ClN4O2/c1-13(2,3)20-12(19)18-7-5-9(8-18)16-11-15-6-4-10(14)17-11/h4,6,9H,5,7-8H2,1-3H3,(H,15,16,17)/t9-/m1/s1.